The largest absolute Gasteiger partial charge is 0.504 e. The maximum atomic E-state index is 11.0. The molecule has 7 heteroatoms. The summed E-state index contributed by atoms with van der Waals surface area (Å²) in [7, 11) is 1.38. The van der Waals surface area contributed by atoms with Gasteiger partial charge in [-0.1, -0.05) is 30.3 Å². The second-order valence-electron chi connectivity index (χ2n) is 5.91. The summed E-state index contributed by atoms with van der Waals surface area (Å²) < 4.78 is 10.2. The van der Waals surface area contributed by atoms with Crippen molar-refractivity contribution in [1.82, 2.24) is 0 Å². The van der Waals surface area contributed by atoms with Gasteiger partial charge in [-0.05, 0) is 42.5 Å². The minimum Gasteiger partial charge on any atom is -0.504 e. The molecule has 2 aromatic rings. The minimum atomic E-state index is -0.199. The van der Waals surface area contributed by atoms with Gasteiger partial charge in [-0.15, -0.1) is 12.4 Å². The summed E-state index contributed by atoms with van der Waals surface area (Å²) in [4.78, 5) is 11.0. The number of esters is 1. The number of nitrogen functional groups attached to an aromatic ring is 1. The average molecular weight is 393 g/mol. The van der Waals surface area contributed by atoms with Crippen LogP contribution in [-0.2, 0) is 9.53 Å². The molecule has 0 amide bonds. The Balaban J connectivity index is 0.00000364. The van der Waals surface area contributed by atoms with Crippen molar-refractivity contribution in [2.45, 2.75) is 25.7 Å². The lowest BCUT2D eigenvalue weighted by Gasteiger charge is -2.10. The van der Waals surface area contributed by atoms with Gasteiger partial charge in [0.2, 0.25) is 0 Å². The Morgan fingerprint density at radius 2 is 1.74 bits per heavy atom. The molecule has 0 unspecified atom stereocenters. The standard InChI is InChI=1S/C20H24N2O4.ClH/c1-25-19(24)5-3-2-4-12-26-18-11-10-16(13-17(18)23)14-6-8-15(9-7-14)20(21)22;/h6-11,13,23H,2-5,12H2,1H3,(H3,21,22);1H. The molecule has 0 aliphatic heterocycles. The van der Waals surface area contributed by atoms with Crippen LogP contribution < -0.4 is 10.5 Å². The number of ether oxygens (including phenoxy) is 2. The maximum absolute atomic E-state index is 11.0. The molecule has 27 heavy (non-hydrogen) atoms. The summed E-state index contributed by atoms with van der Waals surface area (Å²) in [5.41, 5.74) is 7.87. The normalized spacial score (nSPS) is 9.96. The van der Waals surface area contributed by atoms with E-state index in [1.165, 1.54) is 7.11 Å². The Hall–Kier alpha value is -2.73. The molecular weight excluding hydrogens is 368 g/mol. The number of carbonyl (C=O) groups excluding carboxylic acids is 1. The number of carbonyl (C=O) groups is 1. The number of hydrogen-bond acceptors (Lipinski definition) is 5. The summed E-state index contributed by atoms with van der Waals surface area (Å²) in [5.74, 6) is 0.333. The summed E-state index contributed by atoms with van der Waals surface area (Å²) in [6.07, 6.45) is 2.83. The number of methoxy groups -OCH3 is 1. The van der Waals surface area contributed by atoms with Gasteiger partial charge in [0.15, 0.2) is 11.5 Å². The van der Waals surface area contributed by atoms with E-state index in [2.05, 4.69) is 4.74 Å². The highest BCUT2D eigenvalue weighted by molar-refractivity contribution is 5.95. The number of aromatic hydroxyl groups is 1. The van der Waals surface area contributed by atoms with E-state index < -0.39 is 0 Å². The zero-order valence-electron chi connectivity index (χ0n) is 15.2. The SMILES string of the molecule is COC(=O)CCCCCOc1ccc(-c2ccc(C(=N)N)cc2)cc1O.Cl. The molecule has 146 valence electrons. The molecule has 0 heterocycles. The molecule has 0 bridgehead atoms. The minimum absolute atomic E-state index is 0. The number of phenolic OH excluding ortho intramolecular Hbond substituents is 1. The third-order valence-electron chi connectivity index (χ3n) is 4.00. The first-order chi connectivity index (χ1) is 12.5. The highest BCUT2D eigenvalue weighted by Crippen LogP contribution is 2.31. The van der Waals surface area contributed by atoms with E-state index in [4.69, 9.17) is 15.9 Å². The third kappa shape index (κ3) is 6.83. The van der Waals surface area contributed by atoms with Gasteiger partial charge in [0.25, 0.3) is 0 Å². The number of rotatable bonds is 9. The van der Waals surface area contributed by atoms with Crippen molar-refractivity contribution in [2.24, 2.45) is 5.73 Å². The lowest BCUT2D eigenvalue weighted by atomic mass is 10.0. The van der Waals surface area contributed by atoms with Crippen LogP contribution in [0.2, 0.25) is 0 Å². The Labute approximate surface area is 165 Å². The first-order valence-corrected chi connectivity index (χ1v) is 8.48. The average Bonchev–Trinajstić information content (AvgIpc) is 2.65. The molecule has 4 N–H and O–H groups in total. The molecule has 0 saturated carbocycles. The molecule has 0 atom stereocenters. The van der Waals surface area contributed by atoms with Crippen LogP contribution in [0.15, 0.2) is 42.5 Å². The number of nitrogens with two attached hydrogens (primary N) is 1. The molecular formula is C20H25ClN2O4. The summed E-state index contributed by atoms with van der Waals surface area (Å²) >= 11 is 0. The lowest BCUT2D eigenvalue weighted by molar-refractivity contribution is -0.140. The molecule has 0 saturated heterocycles. The maximum Gasteiger partial charge on any atom is 0.305 e. The summed E-state index contributed by atoms with van der Waals surface area (Å²) in [5, 5.41) is 17.6. The number of nitrogens with one attached hydrogen (secondary N) is 1. The van der Waals surface area contributed by atoms with E-state index in [0.29, 0.717) is 24.3 Å². The van der Waals surface area contributed by atoms with E-state index in [1.54, 1.807) is 24.3 Å². The van der Waals surface area contributed by atoms with Crippen molar-refractivity contribution in [3.63, 3.8) is 0 Å². The second-order valence-corrected chi connectivity index (χ2v) is 5.91. The highest BCUT2D eigenvalue weighted by Gasteiger charge is 2.07. The molecule has 6 nitrogen and oxygen atoms in total. The van der Waals surface area contributed by atoms with Crippen LogP contribution in [0.25, 0.3) is 11.1 Å². The summed E-state index contributed by atoms with van der Waals surface area (Å²) in [6, 6.07) is 12.5. The van der Waals surface area contributed by atoms with Crippen molar-refractivity contribution in [3.05, 3.63) is 48.0 Å². The highest BCUT2D eigenvalue weighted by atomic mass is 35.5. The van der Waals surface area contributed by atoms with Crippen molar-refractivity contribution >= 4 is 24.2 Å². The van der Waals surface area contributed by atoms with Gasteiger partial charge in [-0.2, -0.15) is 0 Å². The fourth-order valence-corrected chi connectivity index (χ4v) is 2.49. The monoisotopic (exact) mass is 392 g/mol. The smallest absolute Gasteiger partial charge is 0.305 e. The second kappa shape index (κ2) is 11.1. The van der Waals surface area contributed by atoms with Gasteiger partial charge in [-0.25, -0.2) is 0 Å². The Morgan fingerprint density at radius 3 is 2.33 bits per heavy atom. The molecule has 0 aliphatic carbocycles. The van der Waals surface area contributed by atoms with E-state index in [9.17, 15) is 9.90 Å². The van der Waals surface area contributed by atoms with Crippen LogP contribution in [0.1, 0.15) is 31.2 Å². The zero-order valence-corrected chi connectivity index (χ0v) is 16.1. The van der Waals surface area contributed by atoms with Crippen LogP contribution in [0.3, 0.4) is 0 Å². The van der Waals surface area contributed by atoms with Crippen LogP contribution >= 0.6 is 12.4 Å². The third-order valence-corrected chi connectivity index (χ3v) is 4.00. The molecule has 0 fully saturated rings. The zero-order chi connectivity index (χ0) is 18.9. The predicted molar refractivity (Wildman–Crippen MR) is 108 cm³/mol. The van der Waals surface area contributed by atoms with E-state index in [1.807, 2.05) is 18.2 Å². The number of phenols is 1. The molecule has 0 aromatic heterocycles. The fourth-order valence-electron chi connectivity index (χ4n) is 2.49. The first kappa shape index (κ1) is 22.3. The van der Waals surface area contributed by atoms with Gasteiger partial charge in [-0.3, -0.25) is 10.2 Å². The number of benzene rings is 2. The van der Waals surface area contributed by atoms with Crippen LogP contribution in [-0.4, -0.2) is 30.6 Å². The Bertz CT molecular complexity index is 763. The Kier molecular flexibility index (Phi) is 9.16. The van der Waals surface area contributed by atoms with Crippen molar-refractivity contribution < 1.29 is 19.4 Å². The predicted octanol–water partition coefficient (Wildman–Crippen LogP) is 3.88. The number of amidine groups is 1. The van der Waals surface area contributed by atoms with E-state index in [0.717, 1.165) is 30.4 Å². The quantitative estimate of drug-likeness (QED) is 0.260. The first-order valence-electron chi connectivity index (χ1n) is 8.48. The molecule has 0 radical (unpaired) electrons. The van der Waals surface area contributed by atoms with Crippen molar-refractivity contribution in [2.75, 3.05) is 13.7 Å². The van der Waals surface area contributed by atoms with E-state index >= 15 is 0 Å². The number of unbranched alkanes of at least 4 members (excludes halogenated alkanes) is 2. The number of halogens is 1. The molecule has 2 rings (SSSR count). The Morgan fingerprint density at radius 1 is 1.07 bits per heavy atom. The van der Waals surface area contributed by atoms with Gasteiger partial charge < -0.3 is 20.3 Å². The molecule has 0 aliphatic rings. The van der Waals surface area contributed by atoms with Crippen LogP contribution in [0.5, 0.6) is 11.5 Å². The van der Waals surface area contributed by atoms with Gasteiger partial charge in [0.1, 0.15) is 5.84 Å². The van der Waals surface area contributed by atoms with Crippen molar-refractivity contribution in [1.29, 1.82) is 5.41 Å². The topological polar surface area (TPSA) is 106 Å². The number of hydrogen-bond donors (Lipinski definition) is 3. The summed E-state index contributed by atoms with van der Waals surface area (Å²) in [6.45, 7) is 0.474. The van der Waals surface area contributed by atoms with E-state index in [-0.39, 0.29) is 30.0 Å². The van der Waals surface area contributed by atoms with Gasteiger partial charge >= 0.3 is 5.97 Å². The van der Waals surface area contributed by atoms with Gasteiger partial charge in [0, 0.05) is 12.0 Å². The molecule has 0 spiro atoms. The fraction of sp³-hybridized carbons (Fsp3) is 0.300. The molecule has 2 aromatic carbocycles. The van der Waals surface area contributed by atoms with Crippen LogP contribution in [0, 0.1) is 5.41 Å². The van der Waals surface area contributed by atoms with Crippen molar-refractivity contribution in [3.8, 4) is 22.6 Å². The lowest BCUT2D eigenvalue weighted by Crippen LogP contribution is -2.10. The van der Waals surface area contributed by atoms with Gasteiger partial charge in [0.05, 0.1) is 13.7 Å². The van der Waals surface area contributed by atoms with Crippen LogP contribution in [0.4, 0.5) is 0 Å².